The summed E-state index contributed by atoms with van der Waals surface area (Å²) in [4.78, 5) is 0.562. The molecular formula is C8H13Cl2. The van der Waals surface area contributed by atoms with Crippen molar-refractivity contribution in [3.05, 3.63) is 4.84 Å². The Hall–Kier alpha value is 0.580. The van der Waals surface area contributed by atoms with Crippen molar-refractivity contribution >= 4 is 23.2 Å². The van der Waals surface area contributed by atoms with Gasteiger partial charge in [0, 0.05) is 0 Å². The summed E-state index contributed by atoms with van der Waals surface area (Å²) in [5.41, 5.74) is 0. The third kappa shape index (κ3) is 3.12. The van der Waals surface area contributed by atoms with Gasteiger partial charge in [-0.3, -0.25) is 0 Å². The Kier molecular flexibility index (Phi) is 3.87. The fraction of sp³-hybridized carbons (Fsp3) is 0.875. The average molecular weight is 180 g/mol. The molecule has 0 unspecified atom stereocenters. The minimum absolute atomic E-state index is 0.562. The molecule has 1 aliphatic rings. The Balaban J connectivity index is 2.13. The van der Waals surface area contributed by atoms with Gasteiger partial charge in [0.2, 0.25) is 0 Å². The maximum absolute atomic E-state index is 5.59. The number of hydrogen-bond donors (Lipinski definition) is 0. The van der Waals surface area contributed by atoms with Crippen LogP contribution in [0.3, 0.4) is 0 Å². The summed E-state index contributed by atoms with van der Waals surface area (Å²) in [7, 11) is 0. The molecule has 1 radical (unpaired) electrons. The van der Waals surface area contributed by atoms with Crippen LogP contribution in [0, 0.1) is 10.8 Å². The van der Waals surface area contributed by atoms with Crippen LogP contribution in [0.2, 0.25) is 0 Å². The molecule has 0 heterocycles. The molecule has 1 saturated carbocycles. The van der Waals surface area contributed by atoms with E-state index in [0.29, 0.717) is 4.84 Å². The van der Waals surface area contributed by atoms with Gasteiger partial charge >= 0.3 is 0 Å². The van der Waals surface area contributed by atoms with Crippen molar-refractivity contribution in [3.63, 3.8) is 0 Å². The highest BCUT2D eigenvalue weighted by Crippen LogP contribution is 2.32. The molecule has 0 nitrogen and oxygen atoms in total. The molecule has 0 aromatic heterocycles. The lowest BCUT2D eigenvalue weighted by Crippen LogP contribution is -2.06. The first kappa shape index (κ1) is 8.67. The van der Waals surface area contributed by atoms with Gasteiger partial charge < -0.3 is 0 Å². The van der Waals surface area contributed by atoms with Crippen LogP contribution in [-0.4, -0.2) is 0 Å². The zero-order valence-corrected chi connectivity index (χ0v) is 7.59. The second-order valence-corrected chi connectivity index (χ2v) is 4.15. The van der Waals surface area contributed by atoms with Crippen LogP contribution < -0.4 is 0 Å². The van der Waals surface area contributed by atoms with Crippen molar-refractivity contribution in [2.45, 2.75) is 38.5 Å². The van der Waals surface area contributed by atoms with Gasteiger partial charge in [-0.05, 0) is 12.3 Å². The molecule has 59 valence electrons. The van der Waals surface area contributed by atoms with Crippen molar-refractivity contribution in [2.24, 2.45) is 5.92 Å². The minimum atomic E-state index is 0.562. The predicted molar refractivity (Wildman–Crippen MR) is 46.1 cm³/mol. The Morgan fingerprint density at radius 3 is 2.20 bits per heavy atom. The van der Waals surface area contributed by atoms with Crippen LogP contribution in [0.25, 0.3) is 0 Å². The largest absolute Gasteiger partial charge is 0.151 e. The first-order chi connectivity index (χ1) is 4.79. The standard InChI is InChI=1S/C8H13Cl2/c9-8(10)6-7-4-2-1-3-5-7/h7H,1-6H2. The van der Waals surface area contributed by atoms with E-state index >= 15 is 0 Å². The summed E-state index contributed by atoms with van der Waals surface area (Å²) in [6.45, 7) is 0. The van der Waals surface area contributed by atoms with E-state index < -0.39 is 0 Å². The van der Waals surface area contributed by atoms with E-state index in [1.54, 1.807) is 0 Å². The van der Waals surface area contributed by atoms with Crippen LogP contribution >= 0.6 is 23.2 Å². The topological polar surface area (TPSA) is 0 Å². The minimum Gasteiger partial charge on any atom is -0.0983 e. The molecule has 2 heteroatoms. The van der Waals surface area contributed by atoms with Crippen LogP contribution in [0.1, 0.15) is 38.5 Å². The molecule has 0 aromatic rings. The summed E-state index contributed by atoms with van der Waals surface area (Å²) in [5.74, 6) is 0.777. The van der Waals surface area contributed by atoms with Crippen molar-refractivity contribution in [1.29, 1.82) is 0 Å². The molecule has 10 heavy (non-hydrogen) atoms. The van der Waals surface area contributed by atoms with E-state index in [4.69, 9.17) is 23.2 Å². The van der Waals surface area contributed by atoms with Crippen molar-refractivity contribution in [2.75, 3.05) is 0 Å². The molecule has 0 bridgehead atoms. The SMILES string of the molecule is Cl[C](Cl)CC1CCCCC1. The van der Waals surface area contributed by atoms with Crippen LogP contribution in [0.15, 0.2) is 0 Å². The van der Waals surface area contributed by atoms with E-state index in [0.717, 1.165) is 12.3 Å². The van der Waals surface area contributed by atoms with Gasteiger partial charge in [-0.15, -0.1) is 0 Å². The number of hydrogen-bond acceptors (Lipinski definition) is 0. The van der Waals surface area contributed by atoms with Gasteiger partial charge in [0.15, 0.2) is 4.84 Å². The highest BCUT2D eigenvalue weighted by Gasteiger charge is 2.16. The molecule has 0 aliphatic heterocycles. The number of rotatable bonds is 2. The molecule has 0 spiro atoms. The summed E-state index contributed by atoms with van der Waals surface area (Å²) in [5, 5.41) is 0. The molecule has 0 N–H and O–H groups in total. The molecule has 0 amide bonds. The average Bonchev–Trinajstić information content (AvgIpc) is 1.88. The summed E-state index contributed by atoms with van der Waals surface area (Å²) in [6, 6.07) is 0. The number of halogens is 2. The Morgan fingerprint density at radius 2 is 1.70 bits per heavy atom. The first-order valence-corrected chi connectivity index (χ1v) is 4.71. The molecule has 0 atom stereocenters. The van der Waals surface area contributed by atoms with E-state index in [1.807, 2.05) is 0 Å². The summed E-state index contributed by atoms with van der Waals surface area (Å²) in [6.07, 6.45) is 7.70. The lowest BCUT2D eigenvalue weighted by atomic mass is 9.87. The molecule has 1 aliphatic carbocycles. The zero-order chi connectivity index (χ0) is 7.40. The van der Waals surface area contributed by atoms with Gasteiger partial charge in [-0.1, -0.05) is 55.3 Å². The van der Waals surface area contributed by atoms with E-state index in [9.17, 15) is 0 Å². The first-order valence-electron chi connectivity index (χ1n) is 3.96. The monoisotopic (exact) mass is 179 g/mol. The molecular weight excluding hydrogens is 167 g/mol. The fourth-order valence-electron chi connectivity index (χ4n) is 1.61. The van der Waals surface area contributed by atoms with Crippen LogP contribution in [0.4, 0.5) is 0 Å². The molecule has 1 rings (SSSR count). The molecule has 0 saturated heterocycles. The van der Waals surface area contributed by atoms with E-state index in [2.05, 4.69) is 0 Å². The normalized spacial score (nSPS) is 21.9. The van der Waals surface area contributed by atoms with Crippen LogP contribution in [-0.2, 0) is 0 Å². The molecule has 1 fully saturated rings. The second kappa shape index (κ2) is 4.46. The Morgan fingerprint density at radius 1 is 1.10 bits per heavy atom. The third-order valence-electron chi connectivity index (χ3n) is 2.17. The predicted octanol–water partition coefficient (Wildman–Crippen LogP) is 3.92. The van der Waals surface area contributed by atoms with Gasteiger partial charge in [-0.2, -0.15) is 0 Å². The maximum atomic E-state index is 5.59. The van der Waals surface area contributed by atoms with E-state index in [1.165, 1.54) is 32.1 Å². The quantitative estimate of drug-likeness (QED) is 0.604. The Bertz CT molecular complexity index is 85.3. The lowest BCUT2D eigenvalue weighted by molar-refractivity contribution is 0.356. The van der Waals surface area contributed by atoms with E-state index in [-0.39, 0.29) is 0 Å². The van der Waals surface area contributed by atoms with Crippen molar-refractivity contribution < 1.29 is 0 Å². The fourth-order valence-corrected chi connectivity index (χ4v) is 2.05. The summed E-state index contributed by atoms with van der Waals surface area (Å²) < 4.78 is 0. The zero-order valence-electron chi connectivity index (χ0n) is 6.08. The maximum Gasteiger partial charge on any atom is 0.151 e. The van der Waals surface area contributed by atoms with Gasteiger partial charge in [-0.25, -0.2) is 0 Å². The molecule has 0 aromatic carbocycles. The van der Waals surface area contributed by atoms with Crippen molar-refractivity contribution in [1.82, 2.24) is 0 Å². The van der Waals surface area contributed by atoms with Gasteiger partial charge in [0.05, 0.1) is 0 Å². The summed E-state index contributed by atoms with van der Waals surface area (Å²) >= 11 is 11.2. The second-order valence-electron chi connectivity index (χ2n) is 3.05. The third-order valence-corrected chi connectivity index (χ3v) is 2.48. The highest BCUT2D eigenvalue weighted by molar-refractivity contribution is 6.52. The van der Waals surface area contributed by atoms with Gasteiger partial charge in [0.1, 0.15) is 0 Å². The van der Waals surface area contributed by atoms with Gasteiger partial charge in [0.25, 0.3) is 0 Å². The smallest absolute Gasteiger partial charge is 0.0983 e. The highest BCUT2D eigenvalue weighted by atomic mass is 35.5. The lowest BCUT2D eigenvalue weighted by Gasteiger charge is -2.21. The van der Waals surface area contributed by atoms with Crippen molar-refractivity contribution in [3.8, 4) is 0 Å². The Labute approximate surface area is 72.9 Å². The van der Waals surface area contributed by atoms with Crippen LogP contribution in [0.5, 0.6) is 0 Å².